The monoisotopic (exact) mass is 293 g/mol. The molecule has 0 saturated carbocycles. The Bertz CT molecular complexity index is 530. The van der Waals surface area contributed by atoms with Gasteiger partial charge < -0.3 is 19.9 Å². The molecule has 21 heavy (non-hydrogen) atoms. The molecule has 0 radical (unpaired) electrons. The maximum absolute atomic E-state index is 12.6. The van der Waals surface area contributed by atoms with Crippen molar-refractivity contribution in [2.45, 2.75) is 38.3 Å². The van der Waals surface area contributed by atoms with Gasteiger partial charge >= 0.3 is 5.97 Å². The normalized spacial score (nSPS) is 16.7. The summed E-state index contributed by atoms with van der Waals surface area (Å²) in [6.45, 7) is 4.94. The molecule has 1 aliphatic heterocycles. The summed E-state index contributed by atoms with van der Waals surface area (Å²) in [6.07, 6.45) is 3.85. The highest BCUT2D eigenvalue weighted by Gasteiger charge is 2.36. The average Bonchev–Trinajstić information content (AvgIpc) is 2.95. The second-order valence-electron chi connectivity index (χ2n) is 6.01. The number of aliphatic carboxylic acids is 1. The first-order valence-corrected chi connectivity index (χ1v) is 7.25. The van der Waals surface area contributed by atoms with E-state index in [0.717, 1.165) is 25.9 Å². The third-order valence-corrected chi connectivity index (χ3v) is 4.37. The number of amides is 1. The standard InChI is InChI=1S/C15H23N3O3/c1-15(2,14(20)21)17(3)13(19)12-5-4-10-18(12)11-6-8-16-9-7-11/h4-5,10-11,16H,6-9H2,1-3H3,(H,20,21). The fourth-order valence-corrected chi connectivity index (χ4v) is 2.55. The van der Waals surface area contributed by atoms with Crippen LogP contribution >= 0.6 is 0 Å². The predicted octanol–water partition coefficient (Wildman–Crippen LogP) is 1.35. The molecular weight excluding hydrogens is 270 g/mol. The quantitative estimate of drug-likeness (QED) is 0.878. The number of hydrogen-bond donors (Lipinski definition) is 2. The molecule has 6 nitrogen and oxygen atoms in total. The molecule has 1 amide bonds. The van der Waals surface area contributed by atoms with Gasteiger partial charge in [-0.25, -0.2) is 4.79 Å². The molecule has 0 atom stereocenters. The topological polar surface area (TPSA) is 74.6 Å². The molecule has 1 aromatic heterocycles. The lowest BCUT2D eigenvalue weighted by molar-refractivity contribution is -0.147. The number of nitrogens with one attached hydrogen (secondary N) is 1. The van der Waals surface area contributed by atoms with Crippen molar-refractivity contribution in [3.8, 4) is 0 Å². The van der Waals surface area contributed by atoms with Crippen LogP contribution in [0.15, 0.2) is 18.3 Å². The van der Waals surface area contributed by atoms with Crippen LogP contribution in [0.1, 0.15) is 43.2 Å². The molecule has 1 aromatic rings. The minimum Gasteiger partial charge on any atom is -0.480 e. The van der Waals surface area contributed by atoms with Crippen LogP contribution in [-0.4, -0.2) is 52.1 Å². The zero-order valence-electron chi connectivity index (χ0n) is 12.8. The number of carboxylic acid groups (broad SMARTS) is 1. The number of piperidine rings is 1. The molecule has 1 aliphatic rings. The first-order valence-electron chi connectivity index (χ1n) is 7.25. The van der Waals surface area contributed by atoms with Gasteiger partial charge in [-0.05, 0) is 51.9 Å². The van der Waals surface area contributed by atoms with E-state index in [0.29, 0.717) is 11.7 Å². The Hall–Kier alpha value is -1.82. The number of rotatable bonds is 4. The van der Waals surface area contributed by atoms with Gasteiger partial charge in [0.15, 0.2) is 0 Å². The minimum atomic E-state index is -1.24. The predicted molar refractivity (Wildman–Crippen MR) is 79.4 cm³/mol. The molecule has 2 heterocycles. The Morgan fingerprint density at radius 3 is 2.57 bits per heavy atom. The Kier molecular flexibility index (Phi) is 4.37. The third kappa shape index (κ3) is 2.95. The van der Waals surface area contributed by atoms with Crippen LogP contribution in [0.5, 0.6) is 0 Å². The van der Waals surface area contributed by atoms with Crippen molar-refractivity contribution in [2.75, 3.05) is 20.1 Å². The Morgan fingerprint density at radius 2 is 2.00 bits per heavy atom. The maximum Gasteiger partial charge on any atom is 0.329 e. The lowest BCUT2D eigenvalue weighted by Gasteiger charge is -2.33. The van der Waals surface area contributed by atoms with Crippen molar-refractivity contribution in [1.82, 2.24) is 14.8 Å². The van der Waals surface area contributed by atoms with Gasteiger partial charge in [0.2, 0.25) is 0 Å². The van der Waals surface area contributed by atoms with E-state index in [1.54, 1.807) is 6.07 Å². The molecule has 2 N–H and O–H groups in total. The van der Waals surface area contributed by atoms with Gasteiger partial charge in [-0.3, -0.25) is 4.79 Å². The number of carbonyl (C=O) groups excluding carboxylic acids is 1. The second kappa shape index (κ2) is 5.89. The van der Waals surface area contributed by atoms with Crippen molar-refractivity contribution in [3.05, 3.63) is 24.0 Å². The third-order valence-electron chi connectivity index (χ3n) is 4.37. The van der Waals surface area contributed by atoms with Crippen LogP contribution in [0, 0.1) is 0 Å². The highest BCUT2D eigenvalue weighted by atomic mass is 16.4. The molecule has 6 heteroatoms. The zero-order chi connectivity index (χ0) is 15.6. The lowest BCUT2D eigenvalue weighted by atomic mass is 10.0. The zero-order valence-corrected chi connectivity index (χ0v) is 12.8. The number of carboxylic acids is 1. The number of carbonyl (C=O) groups is 2. The van der Waals surface area contributed by atoms with E-state index >= 15 is 0 Å². The van der Waals surface area contributed by atoms with Gasteiger partial charge in [0.25, 0.3) is 5.91 Å². The molecule has 0 bridgehead atoms. The number of hydrogen-bond acceptors (Lipinski definition) is 3. The van der Waals surface area contributed by atoms with E-state index in [4.69, 9.17) is 0 Å². The number of nitrogens with zero attached hydrogens (tertiary/aromatic N) is 2. The van der Waals surface area contributed by atoms with Gasteiger partial charge in [0.05, 0.1) is 0 Å². The smallest absolute Gasteiger partial charge is 0.329 e. The molecule has 1 saturated heterocycles. The van der Waals surface area contributed by atoms with Gasteiger partial charge in [-0.1, -0.05) is 0 Å². The fourth-order valence-electron chi connectivity index (χ4n) is 2.55. The van der Waals surface area contributed by atoms with E-state index in [1.165, 1.54) is 25.8 Å². The maximum atomic E-state index is 12.6. The van der Waals surface area contributed by atoms with E-state index < -0.39 is 11.5 Å². The van der Waals surface area contributed by atoms with Crippen LogP contribution in [0.3, 0.4) is 0 Å². The largest absolute Gasteiger partial charge is 0.480 e. The van der Waals surface area contributed by atoms with Gasteiger partial charge in [0, 0.05) is 19.3 Å². The summed E-state index contributed by atoms with van der Waals surface area (Å²) in [4.78, 5) is 25.3. The van der Waals surface area contributed by atoms with Crippen LogP contribution in [0.2, 0.25) is 0 Å². The summed E-state index contributed by atoms with van der Waals surface area (Å²) >= 11 is 0. The summed E-state index contributed by atoms with van der Waals surface area (Å²) < 4.78 is 1.98. The highest BCUT2D eigenvalue weighted by Crippen LogP contribution is 2.23. The highest BCUT2D eigenvalue weighted by molar-refractivity contribution is 5.96. The summed E-state index contributed by atoms with van der Waals surface area (Å²) in [6, 6.07) is 3.90. The van der Waals surface area contributed by atoms with E-state index in [1.807, 2.05) is 16.8 Å². The molecule has 0 spiro atoms. The number of aromatic nitrogens is 1. The van der Waals surface area contributed by atoms with Crippen LogP contribution in [0.4, 0.5) is 0 Å². The SMILES string of the molecule is CN(C(=O)c1cccn1C1CCNCC1)C(C)(C)C(=O)O. The van der Waals surface area contributed by atoms with Gasteiger partial charge in [0.1, 0.15) is 11.2 Å². The summed E-state index contributed by atoms with van der Waals surface area (Å²) in [5.41, 5.74) is -0.681. The summed E-state index contributed by atoms with van der Waals surface area (Å²) in [5, 5.41) is 12.6. The van der Waals surface area contributed by atoms with Crippen molar-refractivity contribution < 1.29 is 14.7 Å². The first kappa shape index (κ1) is 15.6. The number of likely N-dealkylation sites (N-methyl/N-ethyl adjacent to an activating group) is 1. The minimum absolute atomic E-state index is 0.258. The Labute approximate surface area is 124 Å². The van der Waals surface area contributed by atoms with Crippen LogP contribution < -0.4 is 5.32 Å². The van der Waals surface area contributed by atoms with Crippen molar-refractivity contribution in [2.24, 2.45) is 0 Å². The van der Waals surface area contributed by atoms with Crippen molar-refractivity contribution >= 4 is 11.9 Å². The van der Waals surface area contributed by atoms with E-state index in [-0.39, 0.29) is 5.91 Å². The van der Waals surface area contributed by atoms with Gasteiger partial charge in [-0.2, -0.15) is 0 Å². The Balaban J connectivity index is 2.24. The lowest BCUT2D eigenvalue weighted by Crippen LogP contribution is -2.51. The van der Waals surface area contributed by atoms with E-state index in [9.17, 15) is 14.7 Å². The Morgan fingerprint density at radius 1 is 1.38 bits per heavy atom. The molecule has 0 unspecified atom stereocenters. The van der Waals surface area contributed by atoms with E-state index in [2.05, 4.69) is 5.32 Å². The first-order chi connectivity index (χ1) is 9.85. The van der Waals surface area contributed by atoms with Crippen molar-refractivity contribution in [3.63, 3.8) is 0 Å². The van der Waals surface area contributed by atoms with Crippen LogP contribution in [-0.2, 0) is 4.79 Å². The summed E-state index contributed by atoms with van der Waals surface area (Å²) in [7, 11) is 1.54. The molecule has 0 aliphatic carbocycles. The average molecular weight is 293 g/mol. The fraction of sp³-hybridized carbons (Fsp3) is 0.600. The van der Waals surface area contributed by atoms with Gasteiger partial charge in [-0.15, -0.1) is 0 Å². The molecular formula is C15H23N3O3. The summed E-state index contributed by atoms with van der Waals surface area (Å²) in [5.74, 6) is -1.27. The molecule has 2 rings (SSSR count). The molecule has 116 valence electrons. The second-order valence-corrected chi connectivity index (χ2v) is 6.01. The van der Waals surface area contributed by atoms with Crippen LogP contribution in [0.25, 0.3) is 0 Å². The molecule has 1 fully saturated rings. The molecule has 0 aromatic carbocycles. The van der Waals surface area contributed by atoms with Crippen molar-refractivity contribution in [1.29, 1.82) is 0 Å².